The van der Waals surface area contributed by atoms with E-state index in [1.807, 2.05) is 12.1 Å². The number of ether oxygens (including phenoxy) is 2. The van der Waals surface area contributed by atoms with Crippen LogP contribution in [0.25, 0.3) is 0 Å². The first-order valence-corrected chi connectivity index (χ1v) is 5.75. The van der Waals surface area contributed by atoms with Gasteiger partial charge in [0.05, 0.1) is 13.2 Å². The minimum Gasteiger partial charge on any atom is -0.384 e. The summed E-state index contributed by atoms with van der Waals surface area (Å²) in [5, 5.41) is 0. The summed E-state index contributed by atoms with van der Waals surface area (Å²) in [7, 11) is 1.66. The first-order valence-electron chi connectivity index (χ1n) is 5.75. The molecule has 96 valence electrons. The van der Waals surface area contributed by atoms with Gasteiger partial charge in [0.15, 0.2) is 0 Å². The van der Waals surface area contributed by atoms with E-state index in [0.29, 0.717) is 25.6 Å². The van der Waals surface area contributed by atoms with Gasteiger partial charge < -0.3 is 20.9 Å². The lowest BCUT2D eigenvalue weighted by Gasteiger charge is -2.12. The van der Waals surface area contributed by atoms with Crippen LogP contribution >= 0.6 is 0 Å². The Morgan fingerprint density at radius 2 is 2.18 bits per heavy atom. The quantitative estimate of drug-likeness (QED) is 0.649. The number of hydrogen-bond acceptors (Lipinski definition) is 5. The molecule has 5 nitrogen and oxygen atoms in total. The molecule has 4 N–H and O–H groups in total. The van der Waals surface area contributed by atoms with Crippen LogP contribution in [0.2, 0.25) is 0 Å². The van der Waals surface area contributed by atoms with Gasteiger partial charge in [0.2, 0.25) is 0 Å². The summed E-state index contributed by atoms with van der Waals surface area (Å²) in [6.07, 6.45) is 3.32. The van der Waals surface area contributed by atoms with Gasteiger partial charge in [-0.25, -0.2) is 4.98 Å². The van der Waals surface area contributed by atoms with Crippen LogP contribution in [-0.4, -0.2) is 38.0 Å². The van der Waals surface area contributed by atoms with E-state index in [4.69, 9.17) is 20.9 Å². The zero-order valence-electron chi connectivity index (χ0n) is 10.3. The van der Waals surface area contributed by atoms with Crippen LogP contribution in [0.4, 0.5) is 5.82 Å². The van der Waals surface area contributed by atoms with Gasteiger partial charge in [0.1, 0.15) is 5.82 Å². The lowest BCUT2D eigenvalue weighted by Crippen LogP contribution is -2.25. The molecule has 0 saturated heterocycles. The molecule has 1 unspecified atom stereocenters. The Kier molecular flexibility index (Phi) is 6.54. The number of aromatic nitrogens is 1. The number of rotatable bonds is 8. The van der Waals surface area contributed by atoms with Gasteiger partial charge in [-0.2, -0.15) is 0 Å². The molecule has 0 fully saturated rings. The van der Waals surface area contributed by atoms with Gasteiger partial charge in [-0.05, 0) is 30.5 Å². The topological polar surface area (TPSA) is 83.4 Å². The summed E-state index contributed by atoms with van der Waals surface area (Å²) in [6.45, 7) is 1.90. The summed E-state index contributed by atoms with van der Waals surface area (Å²) in [4.78, 5) is 3.94. The van der Waals surface area contributed by atoms with Crippen molar-refractivity contribution in [2.75, 3.05) is 32.7 Å². The minimum atomic E-state index is 0.0827. The van der Waals surface area contributed by atoms with Crippen LogP contribution in [0.15, 0.2) is 18.3 Å². The number of pyridine rings is 1. The molecule has 0 aliphatic heterocycles. The molecule has 5 heteroatoms. The molecule has 1 aromatic heterocycles. The van der Waals surface area contributed by atoms with Gasteiger partial charge >= 0.3 is 0 Å². The normalized spacial score (nSPS) is 12.6. The molecule has 0 aliphatic carbocycles. The lowest BCUT2D eigenvalue weighted by molar-refractivity contribution is 0.0672. The van der Waals surface area contributed by atoms with Crippen molar-refractivity contribution in [3.63, 3.8) is 0 Å². The van der Waals surface area contributed by atoms with Crippen molar-refractivity contribution >= 4 is 5.82 Å². The average molecular weight is 239 g/mol. The van der Waals surface area contributed by atoms with E-state index < -0.39 is 0 Å². The van der Waals surface area contributed by atoms with Crippen molar-refractivity contribution in [3.05, 3.63) is 23.9 Å². The zero-order chi connectivity index (χ0) is 12.5. The maximum absolute atomic E-state index is 6.00. The molecular weight excluding hydrogens is 218 g/mol. The van der Waals surface area contributed by atoms with E-state index in [1.54, 1.807) is 13.3 Å². The van der Waals surface area contributed by atoms with Gasteiger partial charge in [0.25, 0.3) is 0 Å². The number of nitrogens with two attached hydrogens (primary N) is 2. The second kappa shape index (κ2) is 8.00. The van der Waals surface area contributed by atoms with Gasteiger partial charge in [-0.15, -0.1) is 0 Å². The highest BCUT2D eigenvalue weighted by Gasteiger charge is 2.04. The Morgan fingerprint density at radius 1 is 1.35 bits per heavy atom. The summed E-state index contributed by atoms with van der Waals surface area (Å²) in [5.41, 5.74) is 12.7. The number of nitrogen functional groups attached to an aromatic ring is 1. The third kappa shape index (κ3) is 6.21. The number of anilines is 1. The van der Waals surface area contributed by atoms with Crippen molar-refractivity contribution in [1.82, 2.24) is 4.98 Å². The van der Waals surface area contributed by atoms with Crippen molar-refractivity contribution < 1.29 is 9.47 Å². The maximum atomic E-state index is 6.00. The van der Waals surface area contributed by atoms with E-state index in [9.17, 15) is 0 Å². The largest absolute Gasteiger partial charge is 0.384 e. The predicted molar refractivity (Wildman–Crippen MR) is 67.6 cm³/mol. The molecule has 0 aliphatic rings. The molecule has 0 spiro atoms. The Labute approximate surface area is 102 Å². The van der Waals surface area contributed by atoms with Crippen LogP contribution in [-0.2, 0) is 15.9 Å². The average Bonchev–Trinajstić information content (AvgIpc) is 2.29. The fourth-order valence-electron chi connectivity index (χ4n) is 1.51. The Bertz CT molecular complexity index is 320. The van der Waals surface area contributed by atoms with E-state index in [0.717, 1.165) is 18.4 Å². The fourth-order valence-corrected chi connectivity index (χ4v) is 1.51. The predicted octanol–water partition coefficient (Wildman–Crippen LogP) is 0.587. The van der Waals surface area contributed by atoms with Crippen LogP contribution in [0.3, 0.4) is 0 Å². The second-order valence-corrected chi connectivity index (χ2v) is 3.95. The molecule has 1 aromatic rings. The number of nitrogens with zero attached hydrogens (tertiary/aromatic N) is 1. The van der Waals surface area contributed by atoms with Crippen molar-refractivity contribution in [1.29, 1.82) is 0 Å². The van der Waals surface area contributed by atoms with E-state index in [-0.39, 0.29) is 6.04 Å². The van der Waals surface area contributed by atoms with Crippen LogP contribution in [0.5, 0.6) is 0 Å². The third-order valence-corrected chi connectivity index (χ3v) is 2.41. The van der Waals surface area contributed by atoms with Crippen LogP contribution < -0.4 is 11.5 Å². The monoisotopic (exact) mass is 239 g/mol. The van der Waals surface area contributed by atoms with E-state index >= 15 is 0 Å². The lowest BCUT2D eigenvalue weighted by atomic mass is 10.1. The second-order valence-electron chi connectivity index (χ2n) is 3.95. The smallest absolute Gasteiger partial charge is 0.123 e. The number of hydrogen-bond donors (Lipinski definition) is 2. The third-order valence-electron chi connectivity index (χ3n) is 2.41. The Balaban J connectivity index is 2.18. The summed E-state index contributed by atoms with van der Waals surface area (Å²) in [6, 6.07) is 3.87. The molecule has 1 heterocycles. The highest BCUT2D eigenvalue weighted by atomic mass is 16.5. The van der Waals surface area contributed by atoms with Crippen molar-refractivity contribution in [2.45, 2.75) is 18.9 Å². The van der Waals surface area contributed by atoms with E-state index in [1.165, 1.54) is 0 Å². The fraction of sp³-hybridized carbons (Fsp3) is 0.583. The molecule has 0 saturated carbocycles. The molecule has 0 aromatic carbocycles. The summed E-state index contributed by atoms with van der Waals surface area (Å²) < 4.78 is 10.2. The molecule has 0 radical (unpaired) electrons. The highest BCUT2D eigenvalue weighted by Crippen LogP contribution is 2.07. The van der Waals surface area contributed by atoms with Crippen LogP contribution in [0.1, 0.15) is 12.0 Å². The maximum Gasteiger partial charge on any atom is 0.123 e. The minimum absolute atomic E-state index is 0.0827. The van der Waals surface area contributed by atoms with Crippen molar-refractivity contribution in [2.24, 2.45) is 5.73 Å². The van der Waals surface area contributed by atoms with Gasteiger partial charge in [-0.1, -0.05) is 0 Å². The highest BCUT2D eigenvalue weighted by molar-refractivity contribution is 5.32. The first kappa shape index (κ1) is 13.9. The molecule has 17 heavy (non-hydrogen) atoms. The summed E-state index contributed by atoms with van der Waals surface area (Å²) >= 11 is 0. The standard InChI is InChI=1S/C12H21N3O2/c1-16-6-7-17-5-3-11(13)8-10-2-4-15-12(14)9-10/h2,4,9,11H,3,5-8,13H2,1H3,(H2,14,15). The van der Waals surface area contributed by atoms with Gasteiger partial charge in [-0.3, -0.25) is 0 Å². The molecule has 1 rings (SSSR count). The molecule has 1 atom stereocenters. The Hall–Kier alpha value is -1.17. The summed E-state index contributed by atoms with van der Waals surface area (Å²) in [5.74, 6) is 0.533. The van der Waals surface area contributed by atoms with E-state index in [2.05, 4.69) is 4.98 Å². The van der Waals surface area contributed by atoms with Crippen LogP contribution in [0, 0.1) is 0 Å². The Morgan fingerprint density at radius 3 is 2.88 bits per heavy atom. The number of methoxy groups -OCH3 is 1. The molecular formula is C12H21N3O2. The molecule has 0 amide bonds. The van der Waals surface area contributed by atoms with Gasteiger partial charge in [0, 0.05) is 26.0 Å². The first-order chi connectivity index (χ1) is 8.22. The molecule has 0 bridgehead atoms. The zero-order valence-corrected chi connectivity index (χ0v) is 10.3. The van der Waals surface area contributed by atoms with Crippen molar-refractivity contribution in [3.8, 4) is 0 Å². The SMILES string of the molecule is COCCOCCC(N)Cc1ccnc(N)c1.